The first-order chi connectivity index (χ1) is 33.8. The SMILES string of the molecule is CC1(C)c2ccccc2N(c2nc(N3c4ccccc4C(C)(C)c4ccccc43)c(N3c4ccccc4C(C)(C)c4ccccc43)nc2N2c3ccccc3C(C)(C)c3ccccc32)c2ccccc21. The van der Waals surface area contributed by atoms with Crippen LogP contribution >= 0.6 is 0 Å². The molecule has 342 valence electrons. The predicted molar refractivity (Wildman–Crippen MR) is 289 cm³/mol. The van der Waals surface area contributed by atoms with Crippen molar-refractivity contribution in [3.05, 3.63) is 239 Å². The van der Waals surface area contributed by atoms with Gasteiger partial charge < -0.3 is 0 Å². The second-order valence-electron chi connectivity index (χ2n) is 21.5. The Bertz CT molecular complexity index is 2950. The van der Waals surface area contributed by atoms with Gasteiger partial charge in [0.1, 0.15) is 0 Å². The molecule has 4 aliphatic rings. The van der Waals surface area contributed by atoms with Crippen LogP contribution < -0.4 is 19.6 Å². The van der Waals surface area contributed by atoms with Crippen LogP contribution in [0.2, 0.25) is 0 Å². The van der Waals surface area contributed by atoms with Crippen LogP contribution in [0.15, 0.2) is 194 Å². The summed E-state index contributed by atoms with van der Waals surface area (Å²) in [4.78, 5) is 22.3. The minimum absolute atomic E-state index is 0.293. The fourth-order valence-corrected chi connectivity index (χ4v) is 12.6. The van der Waals surface area contributed by atoms with Gasteiger partial charge in [-0.2, -0.15) is 0 Å². The van der Waals surface area contributed by atoms with E-state index in [9.17, 15) is 0 Å². The molecule has 0 saturated heterocycles. The highest BCUT2D eigenvalue weighted by atomic mass is 15.4. The molecule has 0 atom stereocenters. The summed E-state index contributed by atoms with van der Waals surface area (Å²) in [7, 11) is 0. The molecular weight excluding hydrogens is 853 g/mol. The first-order valence-electron chi connectivity index (χ1n) is 24.7. The normalized spacial score (nSPS) is 16.9. The monoisotopic (exact) mass is 908 g/mol. The summed E-state index contributed by atoms with van der Waals surface area (Å²) < 4.78 is 0. The summed E-state index contributed by atoms with van der Waals surface area (Å²) in [6.45, 7) is 18.8. The Morgan fingerprint density at radius 3 is 0.486 bits per heavy atom. The van der Waals surface area contributed by atoms with Crippen molar-refractivity contribution < 1.29 is 0 Å². The van der Waals surface area contributed by atoms with Gasteiger partial charge in [0.25, 0.3) is 0 Å². The standard InChI is InChI=1S/C64H56N6/c1-61(2)41-25-9-17-33-49(41)67(50-34-18-10-26-42(50)61)57-58(68-51-35-19-11-27-43(51)62(3,4)44-28-12-20-36-52(44)68)66-60(70-55-39-23-15-31-47(55)64(7,8)48-32-16-24-40-56(48)70)59(65-57)69-53-37-21-13-29-45(53)63(5,6)46-30-14-22-38-54(46)69/h9-40H,1-8H3. The maximum atomic E-state index is 6.33. The van der Waals surface area contributed by atoms with Crippen LogP contribution in [0, 0.1) is 0 Å². The molecule has 0 amide bonds. The van der Waals surface area contributed by atoms with Gasteiger partial charge in [0.05, 0.1) is 45.5 Å². The zero-order valence-electron chi connectivity index (χ0n) is 41.2. The molecule has 9 aromatic rings. The van der Waals surface area contributed by atoms with Crippen molar-refractivity contribution >= 4 is 68.8 Å². The number of benzene rings is 8. The van der Waals surface area contributed by atoms with E-state index < -0.39 is 0 Å². The molecule has 0 fully saturated rings. The number of rotatable bonds is 4. The van der Waals surface area contributed by atoms with Crippen molar-refractivity contribution in [1.29, 1.82) is 0 Å². The zero-order valence-corrected chi connectivity index (χ0v) is 41.2. The Hall–Kier alpha value is -7.96. The minimum Gasteiger partial charge on any atom is -0.291 e. The van der Waals surface area contributed by atoms with Gasteiger partial charge in [-0.3, -0.25) is 19.6 Å². The van der Waals surface area contributed by atoms with E-state index in [0.29, 0.717) is 0 Å². The summed E-state index contributed by atoms with van der Waals surface area (Å²) >= 11 is 0. The Morgan fingerprint density at radius 2 is 0.343 bits per heavy atom. The molecule has 6 heteroatoms. The lowest BCUT2D eigenvalue weighted by Gasteiger charge is -2.47. The Labute approximate surface area is 412 Å². The molecule has 0 unspecified atom stereocenters. The van der Waals surface area contributed by atoms with Gasteiger partial charge in [-0.1, -0.05) is 201 Å². The van der Waals surface area contributed by atoms with Gasteiger partial charge in [0.2, 0.25) is 0 Å². The maximum absolute atomic E-state index is 6.33. The van der Waals surface area contributed by atoms with Gasteiger partial charge in [0.15, 0.2) is 23.3 Å². The number of hydrogen-bond acceptors (Lipinski definition) is 6. The first-order valence-corrected chi connectivity index (χ1v) is 24.7. The molecule has 0 N–H and O–H groups in total. The van der Waals surface area contributed by atoms with E-state index in [1.807, 2.05) is 0 Å². The van der Waals surface area contributed by atoms with Crippen LogP contribution in [-0.2, 0) is 21.7 Å². The van der Waals surface area contributed by atoms with Crippen LogP contribution in [0.5, 0.6) is 0 Å². The molecule has 6 nitrogen and oxygen atoms in total. The Morgan fingerprint density at radius 1 is 0.214 bits per heavy atom. The number of hydrogen-bond donors (Lipinski definition) is 0. The molecule has 5 heterocycles. The van der Waals surface area contributed by atoms with Crippen LogP contribution in [-0.4, -0.2) is 9.97 Å². The average Bonchev–Trinajstić information content (AvgIpc) is 3.38. The molecule has 0 radical (unpaired) electrons. The molecule has 4 aliphatic heterocycles. The number of para-hydroxylation sites is 8. The quantitative estimate of drug-likeness (QED) is 0.175. The number of aromatic nitrogens is 2. The van der Waals surface area contributed by atoms with Crippen LogP contribution in [0.3, 0.4) is 0 Å². The molecule has 0 bridgehead atoms. The van der Waals surface area contributed by atoms with Gasteiger partial charge in [-0.15, -0.1) is 0 Å². The zero-order chi connectivity index (χ0) is 47.9. The van der Waals surface area contributed by atoms with E-state index in [1.54, 1.807) is 0 Å². The van der Waals surface area contributed by atoms with Crippen molar-refractivity contribution in [3.8, 4) is 0 Å². The van der Waals surface area contributed by atoms with E-state index in [4.69, 9.17) is 9.97 Å². The van der Waals surface area contributed by atoms with E-state index >= 15 is 0 Å². The maximum Gasteiger partial charge on any atom is 0.184 e. The van der Waals surface area contributed by atoms with Crippen LogP contribution in [0.4, 0.5) is 68.8 Å². The van der Waals surface area contributed by atoms with Crippen molar-refractivity contribution in [2.24, 2.45) is 0 Å². The smallest absolute Gasteiger partial charge is 0.184 e. The molecule has 0 spiro atoms. The van der Waals surface area contributed by atoms with Crippen LogP contribution in [0.25, 0.3) is 0 Å². The summed E-state index contributed by atoms with van der Waals surface area (Å²) in [5.41, 5.74) is 17.3. The molecule has 0 aliphatic carbocycles. The third-order valence-electron chi connectivity index (χ3n) is 16.2. The number of nitrogens with zero attached hydrogens (tertiary/aromatic N) is 6. The number of fused-ring (bicyclic) bond motifs is 8. The molecule has 0 saturated carbocycles. The fraction of sp³-hybridized carbons (Fsp3) is 0.188. The fourth-order valence-electron chi connectivity index (χ4n) is 12.6. The lowest BCUT2D eigenvalue weighted by Crippen LogP contribution is -2.36. The second kappa shape index (κ2) is 14.8. The van der Waals surface area contributed by atoms with E-state index in [-0.39, 0.29) is 21.7 Å². The summed E-state index contributed by atoms with van der Waals surface area (Å²) in [6, 6.07) is 71.1. The summed E-state index contributed by atoms with van der Waals surface area (Å²) in [6.07, 6.45) is 0. The molecule has 13 rings (SSSR count). The first kappa shape index (κ1) is 42.2. The third-order valence-corrected chi connectivity index (χ3v) is 16.2. The van der Waals surface area contributed by atoms with Gasteiger partial charge in [-0.05, 0) is 93.0 Å². The third kappa shape index (κ3) is 5.67. The lowest BCUT2D eigenvalue weighted by atomic mass is 9.73. The van der Waals surface area contributed by atoms with Gasteiger partial charge in [-0.25, -0.2) is 9.97 Å². The van der Waals surface area contributed by atoms with Crippen molar-refractivity contribution in [1.82, 2.24) is 9.97 Å². The summed E-state index contributed by atoms with van der Waals surface area (Å²) in [5.74, 6) is 2.93. The molecule has 8 aromatic carbocycles. The number of anilines is 12. The highest BCUT2D eigenvalue weighted by Gasteiger charge is 2.46. The van der Waals surface area contributed by atoms with Gasteiger partial charge in [0, 0.05) is 21.7 Å². The van der Waals surface area contributed by atoms with E-state index in [2.05, 4.69) is 269 Å². The average molecular weight is 909 g/mol. The topological polar surface area (TPSA) is 38.7 Å². The largest absolute Gasteiger partial charge is 0.291 e. The van der Waals surface area contributed by atoms with Crippen LogP contribution in [0.1, 0.15) is 99.9 Å². The van der Waals surface area contributed by atoms with Crippen molar-refractivity contribution in [2.45, 2.75) is 77.0 Å². The lowest BCUT2D eigenvalue weighted by molar-refractivity contribution is 0.627. The highest BCUT2D eigenvalue weighted by Crippen LogP contribution is 2.61. The minimum atomic E-state index is -0.293. The predicted octanol–water partition coefficient (Wildman–Crippen LogP) is 16.9. The van der Waals surface area contributed by atoms with Gasteiger partial charge >= 0.3 is 0 Å². The van der Waals surface area contributed by atoms with E-state index in [0.717, 1.165) is 68.8 Å². The molecular formula is C64H56N6. The van der Waals surface area contributed by atoms with Crippen molar-refractivity contribution in [3.63, 3.8) is 0 Å². The van der Waals surface area contributed by atoms with Crippen molar-refractivity contribution in [2.75, 3.05) is 19.6 Å². The Kier molecular flexibility index (Phi) is 8.90. The molecule has 70 heavy (non-hydrogen) atoms. The summed E-state index contributed by atoms with van der Waals surface area (Å²) in [5, 5.41) is 0. The molecule has 1 aromatic heterocycles. The van der Waals surface area contributed by atoms with E-state index in [1.165, 1.54) is 44.5 Å². The Balaban J connectivity index is 1.24. The second-order valence-corrected chi connectivity index (χ2v) is 21.5. The highest BCUT2D eigenvalue weighted by molar-refractivity contribution is 6.00.